The van der Waals surface area contributed by atoms with Crippen molar-refractivity contribution in [3.8, 4) is 0 Å². The molecule has 0 spiro atoms. The molecule has 0 aliphatic rings. The molecule has 7 heteroatoms. The first kappa shape index (κ1) is 11.3. The molecule has 88 valence electrons. The fourth-order valence-corrected chi connectivity index (χ4v) is 1.81. The number of thiazole rings is 1. The van der Waals surface area contributed by atoms with E-state index in [0.29, 0.717) is 11.3 Å². The predicted molar refractivity (Wildman–Crippen MR) is 63.2 cm³/mol. The fraction of sp³-hybridized carbons (Fsp3) is 0.100. The van der Waals surface area contributed by atoms with Crippen LogP contribution in [-0.2, 0) is 6.54 Å². The topological polar surface area (TPSA) is 94.8 Å². The Morgan fingerprint density at radius 3 is 2.76 bits per heavy atom. The van der Waals surface area contributed by atoms with Crippen LogP contribution in [0.3, 0.4) is 0 Å². The number of H-pyrrole nitrogens is 2. The quantitative estimate of drug-likeness (QED) is 0.719. The number of carbonyl (C=O) groups excluding carboxylic acids is 1. The lowest BCUT2D eigenvalue weighted by Gasteiger charge is -2.02. The summed E-state index contributed by atoms with van der Waals surface area (Å²) >= 11 is 1.04. The Balaban J connectivity index is 2.00. The van der Waals surface area contributed by atoms with Gasteiger partial charge in [0.2, 0.25) is 5.56 Å². The Morgan fingerprint density at radius 2 is 2.18 bits per heavy atom. The van der Waals surface area contributed by atoms with Gasteiger partial charge in [0.15, 0.2) is 0 Å². The van der Waals surface area contributed by atoms with E-state index in [1.165, 1.54) is 18.3 Å². The molecule has 0 atom stereocenters. The molecule has 1 amide bonds. The van der Waals surface area contributed by atoms with E-state index in [4.69, 9.17) is 0 Å². The summed E-state index contributed by atoms with van der Waals surface area (Å²) in [6.45, 7) is 0.247. The molecule has 0 saturated carbocycles. The Kier molecular flexibility index (Phi) is 3.20. The molecule has 0 aliphatic heterocycles. The smallest absolute Gasteiger partial charge is 0.304 e. The van der Waals surface area contributed by atoms with Crippen LogP contribution in [0, 0.1) is 0 Å². The van der Waals surface area contributed by atoms with E-state index in [9.17, 15) is 14.4 Å². The van der Waals surface area contributed by atoms with Gasteiger partial charge in [0.25, 0.3) is 5.91 Å². The Morgan fingerprint density at radius 1 is 1.35 bits per heavy atom. The zero-order valence-electron chi connectivity index (χ0n) is 8.65. The van der Waals surface area contributed by atoms with Crippen molar-refractivity contribution in [2.75, 3.05) is 0 Å². The fourth-order valence-electron chi connectivity index (χ4n) is 1.23. The van der Waals surface area contributed by atoms with Crippen molar-refractivity contribution in [3.05, 3.63) is 55.0 Å². The second-order valence-corrected chi connectivity index (χ2v) is 4.14. The highest BCUT2D eigenvalue weighted by Gasteiger charge is 2.05. The average molecular weight is 251 g/mol. The molecule has 0 bridgehead atoms. The van der Waals surface area contributed by atoms with E-state index in [0.717, 1.165) is 11.3 Å². The van der Waals surface area contributed by atoms with Crippen LogP contribution in [-0.4, -0.2) is 15.9 Å². The Bertz CT molecular complexity index is 620. The third kappa shape index (κ3) is 2.91. The van der Waals surface area contributed by atoms with Crippen LogP contribution in [0.25, 0.3) is 0 Å². The molecule has 2 rings (SSSR count). The van der Waals surface area contributed by atoms with Gasteiger partial charge in [0.05, 0.1) is 12.1 Å². The number of aromatic amines is 2. The number of amides is 1. The van der Waals surface area contributed by atoms with Crippen LogP contribution >= 0.6 is 11.3 Å². The van der Waals surface area contributed by atoms with E-state index in [1.54, 1.807) is 5.38 Å². The number of nitrogens with one attached hydrogen (secondary N) is 3. The highest BCUT2D eigenvalue weighted by Crippen LogP contribution is 1.97. The maximum absolute atomic E-state index is 11.6. The maximum atomic E-state index is 11.6. The summed E-state index contributed by atoms with van der Waals surface area (Å²) in [6, 6.07) is 2.71. The lowest BCUT2D eigenvalue weighted by molar-refractivity contribution is 0.0950. The van der Waals surface area contributed by atoms with Crippen molar-refractivity contribution in [1.82, 2.24) is 15.3 Å². The molecule has 0 aliphatic carbocycles. The van der Waals surface area contributed by atoms with Gasteiger partial charge in [-0.05, 0) is 6.07 Å². The van der Waals surface area contributed by atoms with E-state index in [1.807, 2.05) is 0 Å². The van der Waals surface area contributed by atoms with Gasteiger partial charge in [-0.15, -0.1) is 0 Å². The zero-order chi connectivity index (χ0) is 12.3. The summed E-state index contributed by atoms with van der Waals surface area (Å²) in [6.07, 6.45) is 1.34. The number of carbonyl (C=O) groups is 1. The highest BCUT2D eigenvalue weighted by atomic mass is 32.1. The summed E-state index contributed by atoms with van der Waals surface area (Å²) in [5, 5.41) is 4.27. The molecular formula is C10H9N3O3S. The lowest BCUT2D eigenvalue weighted by atomic mass is 10.2. The van der Waals surface area contributed by atoms with Crippen LogP contribution in [0.1, 0.15) is 16.1 Å². The van der Waals surface area contributed by atoms with Crippen LogP contribution in [0.4, 0.5) is 0 Å². The van der Waals surface area contributed by atoms with Crippen molar-refractivity contribution in [3.63, 3.8) is 0 Å². The molecule has 2 aromatic heterocycles. The molecule has 3 N–H and O–H groups in total. The third-order valence-corrected chi connectivity index (χ3v) is 2.78. The van der Waals surface area contributed by atoms with E-state index >= 15 is 0 Å². The van der Waals surface area contributed by atoms with Crippen molar-refractivity contribution < 1.29 is 4.79 Å². The van der Waals surface area contributed by atoms with Gasteiger partial charge < -0.3 is 15.3 Å². The third-order valence-electron chi connectivity index (χ3n) is 2.06. The maximum Gasteiger partial charge on any atom is 0.304 e. The Labute approximate surface area is 99.3 Å². The molecule has 0 unspecified atom stereocenters. The number of aromatic nitrogens is 2. The van der Waals surface area contributed by atoms with Gasteiger partial charge in [-0.3, -0.25) is 14.4 Å². The largest absolute Gasteiger partial charge is 0.346 e. The first-order valence-electron chi connectivity index (χ1n) is 4.79. The number of pyridine rings is 1. The van der Waals surface area contributed by atoms with Crippen molar-refractivity contribution >= 4 is 17.2 Å². The summed E-state index contributed by atoms with van der Waals surface area (Å²) < 4.78 is 0. The molecule has 17 heavy (non-hydrogen) atoms. The van der Waals surface area contributed by atoms with E-state index in [2.05, 4.69) is 15.3 Å². The summed E-state index contributed by atoms with van der Waals surface area (Å²) in [5.74, 6) is -0.312. The molecule has 0 saturated heterocycles. The second kappa shape index (κ2) is 4.79. The first-order valence-corrected chi connectivity index (χ1v) is 5.67. The van der Waals surface area contributed by atoms with Crippen LogP contribution in [0.5, 0.6) is 0 Å². The van der Waals surface area contributed by atoms with Gasteiger partial charge >= 0.3 is 4.87 Å². The van der Waals surface area contributed by atoms with Crippen molar-refractivity contribution in [2.45, 2.75) is 6.54 Å². The van der Waals surface area contributed by atoms with Crippen LogP contribution < -0.4 is 15.7 Å². The molecule has 0 radical (unpaired) electrons. The minimum absolute atomic E-state index is 0.154. The lowest BCUT2D eigenvalue weighted by Crippen LogP contribution is -2.24. The monoisotopic (exact) mass is 251 g/mol. The van der Waals surface area contributed by atoms with Gasteiger partial charge in [0, 0.05) is 23.3 Å². The molecule has 0 aromatic carbocycles. The second-order valence-electron chi connectivity index (χ2n) is 3.30. The van der Waals surface area contributed by atoms with Crippen molar-refractivity contribution in [1.29, 1.82) is 0 Å². The summed E-state index contributed by atoms with van der Waals surface area (Å²) in [7, 11) is 0. The SMILES string of the molecule is O=C(NCc1csc(=O)[nH]1)c1ccc(=O)[nH]c1. The van der Waals surface area contributed by atoms with Gasteiger partial charge in [-0.2, -0.15) is 0 Å². The highest BCUT2D eigenvalue weighted by molar-refractivity contribution is 7.07. The zero-order valence-corrected chi connectivity index (χ0v) is 9.47. The minimum Gasteiger partial charge on any atom is -0.346 e. The minimum atomic E-state index is -0.312. The van der Waals surface area contributed by atoms with Gasteiger partial charge in [-0.1, -0.05) is 11.3 Å². The van der Waals surface area contributed by atoms with Crippen molar-refractivity contribution in [2.24, 2.45) is 0 Å². The van der Waals surface area contributed by atoms with E-state index in [-0.39, 0.29) is 22.9 Å². The predicted octanol–water partition coefficient (Wildman–Crippen LogP) is 0.0547. The average Bonchev–Trinajstić information content (AvgIpc) is 2.73. The van der Waals surface area contributed by atoms with Crippen LogP contribution in [0.15, 0.2) is 33.3 Å². The number of hydrogen-bond acceptors (Lipinski definition) is 4. The normalized spacial score (nSPS) is 10.1. The molecular weight excluding hydrogens is 242 g/mol. The number of rotatable bonds is 3. The van der Waals surface area contributed by atoms with Gasteiger partial charge in [0.1, 0.15) is 0 Å². The Hall–Kier alpha value is -2.15. The standard InChI is InChI=1S/C10H9N3O3S/c14-8-2-1-6(3-11-8)9(15)12-4-7-5-17-10(16)13-7/h1-3,5H,4H2,(H,11,14)(H,12,15)(H,13,16). The first-order chi connectivity index (χ1) is 8.15. The molecule has 0 fully saturated rings. The number of hydrogen-bond donors (Lipinski definition) is 3. The molecule has 6 nitrogen and oxygen atoms in total. The summed E-state index contributed by atoms with van der Waals surface area (Å²) in [5.41, 5.74) is 0.753. The molecule has 2 aromatic rings. The summed E-state index contributed by atoms with van der Waals surface area (Å²) in [4.78, 5) is 38.1. The molecule has 2 heterocycles. The van der Waals surface area contributed by atoms with E-state index < -0.39 is 0 Å². The van der Waals surface area contributed by atoms with Gasteiger partial charge in [-0.25, -0.2) is 0 Å². The van der Waals surface area contributed by atoms with Crippen LogP contribution in [0.2, 0.25) is 0 Å².